The van der Waals surface area contributed by atoms with Crippen LogP contribution < -0.4 is 5.69 Å². The fraction of sp³-hybridized carbons (Fsp3) is 0.375. The standard InChI is InChI=1S/C16H12F3N3O2/c1-20-12-5-4-10(7-11(12)16(17,18)19)22-14(23)13-8-2-3-9(6-8)21(13)15(22)24/h4-5,7-9,23H,2-3,6H2. The maximum atomic E-state index is 13.1. The van der Waals surface area contributed by atoms with Gasteiger partial charge in [-0.1, -0.05) is 6.07 Å². The first kappa shape index (κ1) is 14.9. The van der Waals surface area contributed by atoms with Crippen molar-refractivity contribution in [3.05, 3.63) is 51.4 Å². The van der Waals surface area contributed by atoms with Crippen LogP contribution in [0.25, 0.3) is 10.5 Å². The third kappa shape index (κ3) is 1.84. The van der Waals surface area contributed by atoms with Crippen molar-refractivity contribution in [2.45, 2.75) is 37.4 Å². The maximum Gasteiger partial charge on any atom is 0.407 e. The second kappa shape index (κ2) is 4.66. The van der Waals surface area contributed by atoms with Gasteiger partial charge in [0.25, 0.3) is 0 Å². The fourth-order valence-electron chi connectivity index (χ4n) is 3.92. The number of benzene rings is 1. The lowest BCUT2D eigenvalue weighted by molar-refractivity contribution is -0.136. The van der Waals surface area contributed by atoms with E-state index in [0.717, 1.165) is 36.0 Å². The Bertz CT molecular complexity index is 949. The zero-order valence-electron chi connectivity index (χ0n) is 12.3. The number of aromatic hydroxyl groups is 1. The second-order valence-corrected chi connectivity index (χ2v) is 6.17. The van der Waals surface area contributed by atoms with E-state index in [1.165, 1.54) is 10.6 Å². The Morgan fingerprint density at radius 2 is 2.04 bits per heavy atom. The molecule has 1 aromatic carbocycles. The second-order valence-electron chi connectivity index (χ2n) is 6.17. The molecule has 8 heteroatoms. The van der Waals surface area contributed by atoms with Crippen LogP contribution in [0.3, 0.4) is 0 Å². The van der Waals surface area contributed by atoms with Gasteiger partial charge < -0.3 is 5.11 Å². The highest BCUT2D eigenvalue weighted by Crippen LogP contribution is 2.51. The molecule has 2 bridgehead atoms. The zero-order chi connectivity index (χ0) is 17.2. The van der Waals surface area contributed by atoms with Crippen molar-refractivity contribution in [1.29, 1.82) is 0 Å². The van der Waals surface area contributed by atoms with Gasteiger partial charge >= 0.3 is 11.9 Å². The summed E-state index contributed by atoms with van der Waals surface area (Å²) in [5, 5.41) is 10.4. The molecule has 24 heavy (non-hydrogen) atoms. The fourth-order valence-corrected chi connectivity index (χ4v) is 3.92. The third-order valence-electron chi connectivity index (χ3n) is 4.92. The lowest BCUT2D eigenvalue weighted by Crippen LogP contribution is -2.25. The summed E-state index contributed by atoms with van der Waals surface area (Å²) in [7, 11) is 0. The van der Waals surface area contributed by atoms with Gasteiger partial charge in [0.1, 0.15) is 0 Å². The zero-order valence-corrected chi connectivity index (χ0v) is 12.3. The number of aromatic nitrogens is 2. The Labute approximate surface area is 134 Å². The number of fused-ring (bicyclic) bond motifs is 5. The Kier molecular flexibility index (Phi) is 2.89. The molecule has 0 amide bonds. The molecular weight excluding hydrogens is 323 g/mol. The number of alkyl halides is 3. The van der Waals surface area contributed by atoms with E-state index >= 15 is 0 Å². The molecule has 0 spiro atoms. The number of hydrogen-bond acceptors (Lipinski definition) is 2. The molecular formula is C16H12F3N3O2. The van der Waals surface area contributed by atoms with Crippen LogP contribution in [0.15, 0.2) is 23.0 Å². The van der Waals surface area contributed by atoms with Crippen molar-refractivity contribution in [1.82, 2.24) is 9.13 Å². The average molecular weight is 335 g/mol. The van der Waals surface area contributed by atoms with Crippen molar-refractivity contribution in [2.24, 2.45) is 0 Å². The largest absolute Gasteiger partial charge is 0.493 e. The quantitative estimate of drug-likeness (QED) is 0.807. The van der Waals surface area contributed by atoms with Crippen LogP contribution in [0, 0.1) is 6.57 Å². The first-order valence-corrected chi connectivity index (χ1v) is 7.48. The molecule has 1 aromatic heterocycles. The minimum atomic E-state index is -4.71. The van der Waals surface area contributed by atoms with Gasteiger partial charge in [0, 0.05) is 12.0 Å². The van der Waals surface area contributed by atoms with E-state index in [-0.39, 0.29) is 23.5 Å². The van der Waals surface area contributed by atoms with Gasteiger partial charge in [0.15, 0.2) is 5.69 Å². The van der Waals surface area contributed by atoms with Gasteiger partial charge in [0.05, 0.1) is 23.5 Å². The molecule has 124 valence electrons. The molecule has 2 atom stereocenters. The van der Waals surface area contributed by atoms with E-state index in [1.807, 2.05) is 0 Å². The maximum absolute atomic E-state index is 13.1. The Morgan fingerprint density at radius 1 is 1.29 bits per heavy atom. The van der Waals surface area contributed by atoms with E-state index < -0.39 is 23.1 Å². The summed E-state index contributed by atoms with van der Waals surface area (Å²) in [6, 6.07) is 3.02. The Morgan fingerprint density at radius 3 is 2.67 bits per heavy atom. The number of imidazole rings is 1. The molecule has 1 saturated carbocycles. The van der Waals surface area contributed by atoms with Crippen molar-refractivity contribution in [3.63, 3.8) is 0 Å². The number of rotatable bonds is 1. The average Bonchev–Trinajstić information content (AvgIpc) is 3.20. The van der Waals surface area contributed by atoms with Gasteiger partial charge in [-0.05, 0) is 31.4 Å². The monoisotopic (exact) mass is 335 g/mol. The van der Waals surface area contributed by atoms with E-state index in [2.05, 4.69) is 4.85 Å². The Hall–Kier alpha value is -2.69. The summed E-state index contributed by atoms with van der Waals surface area (Å²) in [5.41, 5.74) is -1.75. The summed E-state index contributed by atoms with van der Waals surface area (Å²) in [4.78, 5) is 15.5. The van der Waals surface area contributed by atoms with Gasteiger partial charge in [-0.25, -0.2) is 14.2 Å². The van der Waals surface area contributed by atoms with E-state index in [9.17, 15) is 23.1 Å². The molecule has 1 aliphatic heterocycles. The van der Waals surface area contributed by atoms with E-state index in [0.29, 0.717) is 5.69 Å². The predicted molar refractivity (Wildman–Crippen MR) is 78.6 cm³/mol. The minimum Gasteiger partial charge on any atom is -0.493 e. The molecule has 2 aromatic rings. The summed E-state index contributed by atoms with van der Waals surface area (Å²) in [5.74, 6) is -0.218. The molecule has 0 saturated heterocycles. The topological polar surface area (TPSA) is 51.5 Å². The first-order valence-electron chi connectivity index (χ1n) is 7.48. The first-order chi connectivity index (χ1) is 11.3. The summed E-state index contributed by atoms with van der Waals surface area (Å²) in [6.07, 6.45) is -2.21. The van der Waals surface area contributed by atoms with Crippen molar-refractivity contribution in [3.8, 4) is 11.6 Å². The van der Waals surface area contributed by atoms with Crippen LogP contribution in [0.4, 0.5) is 18.9 Å². The molecule has 1 N–H and O–H groups in total. The highest BCUT2D eigenvalue weighted by atomic mass is 19.4. The van der Waals surface area contributed by atoms with Crippen molar-refractivity contribution >= 4 is 5.69 Å². The molecule has 1 fully saturated rings. The molecule has 0 radical (unpaired) electrons. The van der Waals surface area contributed by atoms with Crippen molar-refractivity contribution in [2.75, 3.05) is 0 Å². The lowest BCUT2D eigenvalue weighted by Gasteiger charge is -2.12. The van der Waals surface area contributed by atoms with Crippen LogP contribution in [0.5, 0.6) is 5.88 Å². The van der Waals surface area contributed by atoms with Gasteiger partial charge in [-0.3, -0.25) is 4.57 Å². The number of hydrogen-bond donors (Lipinski definition) is 1. The van der Waals surface area contributed by atoms with E-state index in [4.69, 9.17) is 6.57 Å². The van der Waals surface area contributed by atoms with Gasteiger partial charge in [0.2, 0.25) is 5.88 Å². The normalized spacial score (nSPS) is 21.8. The van der Waals surface area contributed by atoms with Crippen LogP contribution >= 0.6 is 0 Å². The summed E-state index contributed by atoms with van der Waals surface area (Å²) in [6.45, 7) is 6.87. The molecule has 4 rings (SSSR count). The molecule has 1 aliphatic carbocycles. The van der Waals surface area contributed by atoms with Crippen LogP contribution in [-0.4, -0.2) is 14.2 Å². The molecule has 2 unspecified atom stereocenters. The number of halogens is 3. The van der Waals surface area contributed by atoms with Crippen molar-refractivity contribution < 1.29 is 18.3 Å². The van der Waals surface area contributed by atoms with Crippen LogP contribution in [0.1, 0.15) is 42.5 Å². The Balaban J connectivity index is 1.94. The highest BCUT2D eigenvalue weighted by molar-refractivity contribution is 5.59. The molecule has 5 nitrogen and oxygen atoms in total. The lowest BCUT2D eigenvalue weighted by atomic mass is 10.1. The minimum absolute atomic E-state index is 0.00857. The third-order valence-corrected chi connectivity index (χ3v) is 4.92. The van der Waals surface area contributed by atoms with Crippen LogP contribution in [-0.2, 0) is 6.18 Å². The smallest absolute Gasteiger partial charge is 0.407 e. The molecule has 2 aliphatic rings. The summed E-state index contributed by atoms with van der Waals surface area (Å²) >= 11 is 0. The van der Waals surface area contributed by atoms with Crippen LogP contribution in [0.2, 0.25) is 0 Å². The highest BCUT2D eigenvalue weighted by Gasteiger charge is 2.43. The van der Waals surface area contributed by atoms with Gasteiger partial charge in [-0.2, -0.15) is 13.2 Å². The predicted octanol–water partition coefficient (Wildman–Crippen LogP) is 3.74. The SMILES string of the molecule is [C-]#[N+]c1ccc(-n2c(O)c3n(c2=O)C2CCC3C2)cc1C(F)(F)F. The van der Waals surface area contributed by atoms with Gasteiger partial charge in [-0.15, -0.1) is 0 Å². The van der Waals surface area contributed by atoms with E-state index in [1.54, 1.807) is 0 Å². The summed E-state index contributed by atoms with van der Waals surface area (Å²) < 4.78 is 41.8. The molecule has 2 heterocycles. The number of nitrogens with zero attached hydrogens (tertiary/aromatic N) is 3.